The average Bonchev–Trinajstić information content (AvgIpc) is 2.78. The van der Waals surface area contributed by atoms with E-state index in [0.717, 1.165) is 62.8 Å². The highest BCUT2D eigenvalue weighted by molar-refractivity contribution is 5.48. The molecule has 1 aromatic heterocycles. The van der Waals surface area contributed by atoms with Crippen LogP contribution in [0.3, 0.4) is 0 Å². The molecule has 0 saturated heterocycles. The molecule has 0 aromatic carbocycles. The normalized spacial score (nSPS) is 10.6. The molecule has 1 N–H and O–H groups in total. The SMILES string of the molecule is O=CCCCCc1ccc(CCCCCO)o1. The zero-order chi connectivity index (χ0) is 12.3. The molecule has 3 heteroatoms. The number of aliphatic hydroxyl groups is 1. The fraction of sp³-hybridized carbons (Fsp3) is 0.643. The summed E-state index contributed by atoms with van der Waals surface area (Å²) in [7, 11) is 0. The third kappa shape index (κ3) is 6.27. The number of rotatable bonds is 10. The van der Waals surface area contributed by atoms with Gasteiger partial charge in [-0.25, -0.2) is 0 Å². The van der Waals surface area contributed by atoms with Gasteiger partial charge in [0.1, 0.15) is 17.8 Å². The Hall–Kier alpha value is -1.09. The quantitative estimate of drug-likeness (QED) is 0.503. The third-order valence-corrected chi connectivity index (χ3v) is 2.79. The maximum atomic E-state index is 10.2. The summed E-state index contributed by atoms with van der Waals surface area (Å²) in [4.78, 5) is 10.2. The molecule has 0 aliphatic rings. The molecule has 0 atom stereocenters. The monoisotopic (exact) mass is 238 g/mol. The van der Waals surface area contributed by atoms with Crippen molar-refractivity contribution in [3.63, 3.8) is 0 Å². The first-order chi connectivity index (χ1) is 8.36. The molecule has 17 heavy (non-hydrogen) atoms. The van der Waals surface area contributed by atoms with Crippen molar-refractivity contribution in [2.24, 2.45) is 0 Å². The van der Waals surface area contributed by atoms with Crippen LogP contribution in [0.25, 0.3) is 0 Å². The zero-order valence-electron chi connectivity index (χ0n) is 10.4. The highest BCUT2D eigenvalue weighted by Gasteiger charge is 2.02. The number of unbranched alkanes of at least 4 members (excludes halogenated alkanes) is 4. The van der Waals surface area contributed by atoms with E-state index < -0.39 is 0 Å². The van der Waals surface area contributed by atoms with Gasteiger partial charge >= 0.3 is 0 Å². The predicted molar refractivity (Wildman–Crippen MR) is 67.0 cm³/mol. The number of hydrogen-bond donors (Lipinski definition) is 1. The van der Waals surface area contributed by atoms with Crippen molar-refractivity contribution in [1.29, 1.82) is 0 Å². The maximum absolute atomic E-state index is 10.2. The summed E-state index contributed by atoms with van der Waals surface area (Å²) in [6.07, 6.45) is 8.43. The highest BCUT2D eigenvalue weighted by atomic mass is 16.3. The van der Waals surface area contributed by atoms with Crippen LogP contribution < -0.4 is 0 Å². The van der Waals surface area contributed by atoms with E-state index >= 15 is 0 Å². The Labute approximate surface area is 103 Å². The van der Waals surface area contributed by atoms with Gasteiger partial charge in [0.2, 0.25) is 0 Å². The smallest absolute Gasteiger partial charge is 0.119 e. The third-order valence-electron chi connectivity index (χ3n) is 2.79. The van der Waals surface area contributed by atoms with Crippen molar-refractivity contribution in [2.45, 2.75) is 51.4 Å². The van der Waals surface area contributed by atoms with Gasteiger partial charge in [-0.3, -0.25) is 0 Å². The van der Waals surface area contributed by atoms with E-state index in [1.54, 1.807) is 0 Å². The summed E-state index contributed by atoms with van der Waals surface area (Å²) in [5.41, 5.74) is 0. The Morgan fingerprint density at radius 3 is 2.24 bits per heavy atom. The lowest BCUT2D eigenvalue weighted by molar-refractivity contribution is -0.107. The Kier molecular flexibility index (Phi) is 7.39. The van der Waals surface area contributed by atoms with E-state index in [4.69, 9.17) is 9.52 Å². The standard InChI is InChI=1S/C14H22O3/c15-11-5-1-3-7-13-9-10-14(17-13)8-4-2-6-12-16/h9-11,16H,1-8,12H2. The van der Waals surface area contributed by atoms with Gasteiger partial charge in [0, 0.05) is 25.9 Å². The van der Waals surface area contributed by atoms with Crippen LogP contribution in [-0.2, 0) is 17.6 Å². The molecule has 0 spiro atoms. The second kappa shape index (κ2) is 8.99. The second-order valence-corrected chi connectivity index (χ2v) is 4.31. The van der Waals surface area contributed by atoms with Gasteiger partial charge in [-0.05, 0) is 37.8 Å². The van der Waals surface area contributed by atoms with Crippen LogP contribution in [0, 0.1) is 0 Å². The molecule has 0 amide bonds. The molecule has 0 aliphatic heterocycles. The Morgan fingerprint density at radius 2 is 1.65 bits per heavy atom. The first kappa shape index (κ1) is 14.0. The van der Waals surface area contributed by atoms with Crippen molar-refractivity contribution in [2.75, 3.05) is 6.61 Å². The van der Waals surface area contributed by atoms with Crippen molar-refractivity contribution < 1.29 is 14.3 Å². The van der Waals surface area contributed by atoms with E-state index in [2.05, 4.69) is 0 Å². The van der Waals surface area contributed by atoms with Crippen LogP contribution in [0.1, 0.15) is 50.0 Å². The minimum absolute atomic E-state index is 0.278. The van der Waals surface area contributed by atoms with E-state index in [-0.39, 0.29) is 6.61 Å². The summed E-state index contributed by atoms with van der Waals surface area (Å²) in [6.45, 7) is 0.278. The van der Waals surface area contributed by atoms with Crippen LogP contribution in [0.2, 0.25) is 0 Å². The number of furan rings is 1. The summed E-state index contributed by atoms with van der Waals surface area (Å²) in [5, 5.41) is 8.66. The molecule has 1 heterocycles. The Balaban J connectivity index is 2.16. The first-order valence-corrected chi connectivity index (χ1v) is 6.49. The molecular weight excluding hydrogens is 216 g/mol. The van der Waals surface area contributed by atoms with E-state index in [1.165, 1.54) is 0 Å². The van der Waals surface area contributed by atoms with Gasteiger partial charge in [0.25, 0.3) is 0 Å². The molecule has 0 aliphatic carbocycles. The molecule has 1 aromatic rings. The van der Waals surface area contributed by atoms with Crippen molar-refractivity contribution in [1.82, 2.24) is 0 Å². The van der Waals surface area contributed by atoms with Crippen LogP contribution in [-0.4, -0.2) is 18.0 Å². The number of hydrogen-bond acceptors (Lipinski definition) is 3. The first-order valence-electron chi connectivity index (χ1n) is 6.49. The van der Waals surface area contributed by atoms with E-state index in [9.17, 15) is 4.79 Å². The molecule has 1 rings (SSSR count). The highest BCUT2D eigenvalue weighted by Crippen LogP contribution is 2.14. The lowest BCUT2D eigenvalue weighted by Crippen LogP contribution is -1.86. The second-order valence-electron chi connectivity index (χ2n) is 4.31. The van der Waals surface area contributed by atoms with Crippen molar-refractivity contribution >= 4 is 6.29 Å². The molecule has 0 bridgehead atoms. The zero-order valence-corrected chi connectivity index (χ0v) is 10.4. The van der Waals surface area contributed by atoms with E-state index in [1.807, 2.05) is 12.1 Å². The van der Waals surface area contributed by atoms with Crippen LogP contribution in [0.4, 0.5) is 0 Å². The van der Waals surface area contributed by atoms with Gasteiger partial charge < -0.3 is 14.3 Å². The minimum atomic E-state index is 0.278. The Bertz CT molecular complexity index is 304. The van der Waals surface area contributed by atoms with Crippen LogP contribution >= 0.6 is 0 Å². The largest absolute Gasteiger partial charge is 0.466 e. The number of aliphatic hydroxyl groups excluding tert-OH is 1. The number of carbonyl (C=O) groups is 1. The van der Waals surface area contributed by atoms with Gasteiger partial charge in [-0.1, -0.05) is 6.42 Å². The number of aldehydes is 1. The van der Waals surface area contributed by atoms with Gasteiger partial charge in [-0.2, -0.15) is 0 Å². The minimum Gasteiger partial charge on any atom is -0.466 e. The van der Waals surface area contributed by atoms with Gasteiger partial charge in [-0.15, -0.1) is 0 Å². The molecule has 0 saturated carbocycles. The molecule has 96 valence electrons. The molecular formula is C14H22O3. The summed E-state index contributed by atoms with van der Waals surface area (Å²) in [6, 6.07) is 4.07. The lowest BCUT2D eigenvalue weighted by atomic mass is 10.1. The molecule has 3 nitrogen and oxygen atoms in total. The average molecular weight is 238 g/mol. The lowest BCUT2D eigenvalue weighted by Gasteiger charge is -1.98. The van der Waals surface area contributed by atoms with Crippen molar-refractivity contribution in [3.05, 3.63) is 23.7 Å². The van der Waals surface area contributed by atoms with Crippen LogP contribution in [0.5, 0.6) is 0 Å². The topological polar surface area (TPSA) is 50.4 Å². The summed E-state index contributed by atoms with van der Waals surface area (Å²) < 4.78 is 5.69. The molecule has 0 unspecified atom stereocenters. The number of carbonyl (C=O) groups excluding carboxylic acids is 1. The fourth-order valence-electron chi connectivity index (χ4n) is 1.81. The predicted octanol–water partition coefficient (Wildman–Crippen LogP) is 2.90. The summed E-state index contributed by atoms with van der Waals surface area (Å²) in [5.74, 6) is 2.06. The Morgan fingerprint density at radius 1 is 1.00 bits per heavy atom. The molecule has 0 fully saturated rings. The fourth-order valence-corrected chi connectivity index (χ4v) is 1.81. The molecule has 0 radical (unpaired) electrons. The van der Waals surface area contributed by atoms with E-state index in [0.29, 0.717) is 6.42 Å². The van der Waals surface area contributed by atoms with Gasteiger partial charge in [0.15, 0.2) is 0 Å². The number of aryl methyl sites for hydroxylation is 2. The maximum Gasteiger partial charge on any atom is 0.119 e. The van der Waals surface area contributed by atoms with Gasteiger partial charge in [0.05, 0.1) is 0 Å². The van der Waals surface area contributed by atoms with Crippen LogP contribution in [0.15, 0.2) is 16.5 Å². The summed E-state index contributed by atoms with van der Waals surface area (Å²) >= 11 is 0. The van der Waals surface area contributed by atoms with Crippen molar-refractivity contribution in [3.8, 4) is 0 Å².